The van der Waals surface area contributed by atoms with Gasteiger partial charge in [0.05, 0.1) is 11.3 Å². The third kappa shape index (κ3) is 3.53. The number of carbonyl (C=O) groups is 1. The molecule has 1 heterocycles. The molecule has 0 fully saturated rings. The molecule has 0 atom stereocenters. The minimum absolute atomic E-state index is 0.0921. The van der Waals surface area contributed by atoms with Gasteiger partial charge in [0.2, 0.25) is 0 Å². The number of anilines is 1. The molecule has 0 aliphatic rings. The number of nitrogens with zero attached hydrogens (tertiary/aromatic N) is 1. The van der Waals surface area contributed by atoms with Crippen molar-refractivity contribution in [3.8, 4) is 0 Å². The molecule has 2 rings (SSSR count). The van der Waals surface area contributed by atoms with E-state index in [9.17, 15) is 13.6 Å². The Morgan fingerprint density at radius 2 is 2.05 bits per heavy atom. The zero-order valence-electron chi connectivity index (χ0n) is 11.7. The van der Waals surface area contributed by atoms with E-state index in [-0.39, 0.29) is 12.1 Å². The Bertz CT molecular complexity index is 674. The molecule has 1 amide bonds. The topological polar surface area (TPSA) is 54.0 Å². The normalized spacial score (nSPS) is 10.3. The molecule has 0 bridgehead atoms. The summed E-state index contributed by atoms with van der Waals surface area (Å²) in [6.45, 7) is 1.71. The van der Waals surface area contributed by atoms with Crippen molar-refractivity contribution in [3.05, 3.63) is 58.9 Å². The molecule has 0 unspecified atom stereocenters. The number of aromatic nitrogens is 1. The van der Waals surface area contributed by atoms with Crippen molar-refractivity contribution in [1.82, 2.24) is 10.3 Å². The highest BCUT2D eigenvalue weighted by Gasteiger charge is 2.12. The lowest BCUT2D eigenvalue weighted by Gasteiger charge is -2.10. The summed E-state index contributed by atoms with van der Waals surface area (Å²) in [6.07, 6.45) is 1.44. The second-order valence-corrected chi connectivity index (χ2v) is 4.54. The van der Waals surface area contributed by atoms with Crippen LogP contribution < -0.4 is 10.6 Å². The molecule has 0 saturated carbocycles. The van der Waals surface area contributed by atoms with Crippen LogP contribution in [0.1, 0.15) is 21.6 Å². The molecular weight excluding hydrogens is 276 g/mol. The Morgan fingerprint density at radius 1 is 1.29 bits per heavy atom. The van der Waals surface area contributed by atoms with Crippen LogP contribution in [0.4, 0.5) is 14.5 Å². The van der Waals surface area contributed by atoms with Gasteiger partial charge in [-0.15, -0.1) is 0 Å². The summed E-state index contributed by atoms with van der Waals surface area (Å²) in [7, 11) is 1.69. The van der Waals surface area contributed by atoms with Gasteiger partial charge in [-0.2, -0.15) is 0 Å². The first kappa shape index (κ1) is 14.9. The second kappa shape index (κ2) is 6.30. The number of halogens is 2. The van der Waals surface area contributed by atoms with E-state index < -0.39 is 17.5 Å². The maximum atomic E-state index is 13.5. The Balaban J connectivity index is 2.13. The molecule has 0 aliphatic carbocycles. The van der Waals surface area contributed by atoms with Crippen LogP contribution in [0.25, 0.3) is 0 Å². The lowest BCUT2D eigenvalue weighted by Crippen LogP contribution is -2.24. The first-order valence-corrected chi connectivity index (χ1v) is 6.38. The van der Waals surface area contributed by atoms with E-state index in [0.29, 0.717) is 11.3 Å². The fourth-order valence-electron chi connectivity index (χ4n) is 1.90. The quantitative estimate of drug-likeness (QED) is 0.910. The minimum Gasteiger partial charge on any atom is -0.387 e. The first-order chi connectivity index (χ1) is 10.0. The summed E-state index contributed by atoms with van der Waals surface area (Å²) in [4.78, 5) is 16.2. The Labute approximate surface area is 121 Å². The van der Waals surface area contributed by atoms with Crippen LogP contribution in [0.2, 0.25) is 0 Å². The molecule has 1 aromatic heterocycles. The Hall–Kier alpha value is -2.50. The van der Waals surface area contributed by atoms with Gasteiger partial charge >= 0.3 is 0 Å². The van der Waals surface area contributed by atoms with Crippen LogP contribution in [0.15, 0.2) is 30.5 Å². The molecule has 2 aromatic rings. The molecule has 4 nitrogen and oxygen atoms in total. The van der Waals surface area contributed by atoms with Crippen LogP contribution in [-0.4, -0.2) is 17.9 Å². The maximum absolute atomic E-state index is 13.5. The van der Waals surface area contributed by atoms with Crippen molar-refractivity contribution >= 4 is 11.6 Å². The highest BCUT2D eigenvalue weighted by Crippen LogP contribution is 2.15. The fourth-order valence-corrected chi connectivity index (χ4v) is 1.90. The maximum Gasteiger partial charge on any atom is 0.255 e. The van der Waals surface area contributed by atoms with Gasteiger partial charge in [-0.05, 0) is 31.2 Å². The van der Waals surface area contributed by atoms with Gasteiger partial charge in [-0.3, -0.25) is 9.78 Å². The number of nitrogens with one attached hydrogen (secondary N) is 2. The van der Waals surface area contributed by atoms with E-state index in [2.05, 4.69) is 15.6 Å². The van der Waals surface area contributed by atoms with Crippen molar-refractivity contribution in [3.63, 3.8) is 0 Å². The molecular formula is C15H15F2N3O. The highest BCUT2D eigenvalue weighted by atomic mass is 19.1. The Kier molecular flexibility index (Phi) is 4.47. The largest absolute Gasteiger partial charge is 0.387 e. The number of aryl methyl sites for hydroxylation is 1. The third-order valence-electron chi connectivity index (χ3n) is 3.00. The first-order valence-electron chi connectivity index (χ1n) is 6.38. The average Bonchev–Trinajstić information content (AvgIpc) is 2.47. The molecule has 2 N–H and O–H groups in total. The van der Waals surface area contributed by atoms with Crippen LogP contribution >= 0.6 is 0 Å². The zero-order chi connectivity index (χ0) is 15.4. The molecule has 1 aromatic carbocycles. The fraction of sp³-hybridized carbons (Fsp3) is 0.200. The molecule has 110 valence electrons. The smallest absolute Gasteiger partial charge is 0.255 e. The summed E-state index contributed by atoms with van der Waals surface area (Å²) in [6, 6.07) is 4.85. The second-order valence-electron chi connectivity index (χ2n) is 4.54. The van der Waals surface area contributed by atoms with Crippen LogP contribution in [-0.2, 0) is 6.54 Å². The number of amides is 1. The van der Waals surface area contributed by atoms with Crippen LogP contribution in [0, 0.1) is 18.6 Å². The predicted octanol–water partition coefficient (Wildman–Crippen LogP) is 2.64. The van der Waals surface area contributed by atoms with Gasteiger partial charge < -0.3 is 10.6 Å². The monoisotopic (exact) mass is 291 g/mol. The van der Waals surface area contributed by atoms with Crippen LogP contribution in [0.5, 0.6) is 0 Å². The molecule has 21 heavy (non-hydrogen) atoms. The van der Waals surface area contributed by atoms with Crippen molar-refractivity contribution in [2.45, 2.75) is 13.5 Å². The number of benzene rings is 1. The van der Waals surface area contributed by atoms with Crippen molar-refractivity contribution in [2.24, 2.45) is 0 Å². The summed E-state index contributed by atoms with van der Waals surface area (Å²) in [5.74, 6) is -1.52. The molecule has 0 aliphatic heterocycles. The summed E-state index contributed by atoms with van der Waals surface area (Å²) in [5, 5.41) is 5.45. The zero-order valence-corrected chi connectivity index (χ0v) is 11.7. The number of hydrogen-bond acceptors (Lipinski definition) is 3. The summed E-state index contributed by atoms with van der Waals surface area (Å²) >= 11 is 0. The van der Waals surface area contributed by atoms with Crippen molar-refractivity contribution in [2.75, 3.05) is 12.4 Å². The van der Waals surface area contributed by atoms with Gasteiger partial charge in [0.25, 0.3) is 5.91 Å². The summed E-state index contributed by atoms with van der Waals surface area (Å²) in [5.41, 5.74) is 1.83. The van der Waals surface area contributed by atoms with Crippen molar-refractivity contribution < 1.29 is 13.6 Å². The van der Waals surface area contributed by atoms with Gasteiger partial charge in [0.15, 0.2) is 0 Å². The van der Waals surface area contributed by atoms with E-state index >= 15 is 0 Å². The number of hydrogen-bond donors (Lipinski definition) is 2. The highest BCUT2D eigenvalue weighted by molar-refractivity contribution is 5.99. The van der Waals surface area contributed by atoms with E-state index in [0.717, 1.165) is 23.9 Å². The number of rotatable bonds is 4. The lowest BCUT2D eigenvalue weighted by molar-refractivity contribution is 0.0951. The van der Waals surface area contributed by atoms with Crippen molar-refractivity contribution in [1.29, 1.82) is 0 Å². The minimum atomic E-state index is -0.562. The average molecular weight is 291 g/mol. The van der Waals surface area contributed by atoms with E-state index in [4.69, 9.17) is 0 Å². The SMILES string of the molecule is CNc1cc(C)ncc1C(=O)NCc1cc(F)ccc1F. The predicted molar refractivity (Wildman–Crippen MR) is 76.0 cm³/mol. The number of pyridine rings is 1. The standard InChI is InChI=1S/C15H15F2N3O/c1-9-5-14(18-2)12(8-19-9)15(21)20-7-10-6-11(16)3-4-13(10)17/h3-6,8H,7H2,1-2H3,(H,18,19)(H,20,21). The van der Waals surface area contributed by atoms with Crippen LogP contribution in [0.3, 0.4) is 0 Å². The molecule has 0 saturated heterocycles. The number of carbonyl (C=O) groups excluding carboxylic acids is 1. The Morgan fingerprint density at radius 3 is 2.76 bits per heavy atom. The van der Waals surface area contributed by atoms with Gasteiger partial charge in [-0.1, -0.05) is 0 Å². The molecule has 0 spiro atoms. The molecule has 0 radical (unpaired) electrons. The molecule has 6 heteroatoms. The van der Waals surface area contributed by atoms with E-state index in [1.807, 2.05) is 6.92 Å². The third-order valence-corrected chi connectivity index (χ3v) is 3.00. The van der Waals surface area contributed by atoms with Gasteiger partial charge in [0, 0.05) is 31.0 Å². The van der Waals surface area contributed by atoms with E-state index in [1.165, 1.54) is 6.20 Å². The van der Waals surface area contributed by atoms with E-state index in [1.54, 1.807) is 13.1 Å². The lowest BCUT2D eigenvalue weighted by atomic mass is 10.1. The van der Waals surface area contributed by atoms with Gasteiger partial charge in [0.1, 0.15) is 11.6 Å². The van der Waals surface area contributed by atoms with Gasteiger partial charge in [-0.25, -0.2) is 8.78 Å². The summed E-state index contributed by atoms with van der Waals surface area (Å²) < 4.78 is 26.5.